The van der Waals surface area contributed by atoms with Crippen LogP contribution in [0.25, 0.3) is 0 Å². The molecule has 1 N–H and O–H groups in total. The highest BCUT2D eigenvalue weighted by molar-refractivity contribution is 6.30. The standard InChI is InChI=1S/C17H17ClN2O5/c1-11(12-4-3-5-13(18)8-12)19-17(21)10-25-16-7-6-14(24-2)9-15(16)20(22)23/h3-9,11H,10H2,1-2H3,(H,19,21)/t11-/m1/s1. The Morgan fingerprint density at radius 3 is 2.72 bits per heavy atom. The van der Waals surface area contributed by atoms with E-state index in [9.17, 15) is 14.9 Å². The van der Waals surface area contributed by atoms with Gasteiger partial charge >= 0.3 is 5.69 Å². The molecule has 0 saturated carbocycles. The maximum Gasteiger partial charge on any atom is 0.314 e. The minimum Gasteiger partial charge on any atom is -0.496 e. The summed E-state index contributed by atoms with van der Waals surface area (Å²) >= 11 is 5.93. The topological polar surface area (TPSA) is 90.7 Å². The fourth-order valence-corrected chi connectivity index (χ4v) is 2.37. The zero-order valence-electron chi connectivity index (χ0n) is 13.7. The molecule has 1 atom stereocenters. The maximum atomic E-state index is 12.0. The van der Waals surface area contributed by atoms with Crippen LogP contribution in [-0.4, -0.2) is 24.5 Å². The smallest absolute Gasteiger partial charge is 0.314 e. The average molecular weight is 365 g/mol. The number of rotatable bonds is 7. The summed E-state index contributed by atoms with van der Waals surface area (Å²) in [7, 11) is 1.41. The van der Waals surface area contributed by atoms with Gasteiger partial charge in [-0.2, -0.15) is 0 Å². The maximum absolute atomic E-state index is 12.0. The van der Waals surface area contributed by atoms with Crippen LogP contribution in [0, 0.1) is 10.1 Å². The summed E-state index contributed by atoms with van der Waals surface area (Å²) in [6.07, 6.45) is 0. The van der Waals surface area contributed by atoms with E-state index >= 15 is 0 Å². The van der Waals surface area contributed by atoms with Gasteiger partial charge in [-0.25, -0.2) is 0 Å². The van der Waals surface area contributed by atoms with E-state index in [1.807, 2.05) is 6.07 Å². The van der Waals surface area contributed by atoms with Crippen molar-refractivity contribution in [3.8, 4) is 11.5 Å². The minimum absolute atomic E-state index is 0.00337. The summed E-state index contributed by atoms with van der Waals surface area (Å²) in [6, 6.07) is 11.0. The van der Waals surface area contributed by atoms with Crippen LogP contribution in [0.5, 0.6) is 11.5 Å². The summed E-state index contributed by atoms with van der Waals surface area (Å²) < 4.78 is 10.2. The van der Waals surface area contributed by atoms with E-state index in [0.29, 0.717) is 10.8 Å². The highest BCUT2D eigenvalue weighted by Gasteiger charge is 2.18. The average Bonchev–Trinajstić information content (AvgIpc) is 2.59. The molecule has 0 aromatic heterocycles. The molecule has 0 spiro atoms. The van der Waals surface area contributed by atoms with Crippen LogP contribution >= 0.6 is 11.6 Å². The van der Waals surface area contributed by atoms with Crippen molar-refractivity contribution in [1.82, 2.24) is 5.32 Å². The Morgan fingerprint density at radius 1 is 1.32 bits per heavy atom. The van der Waals surface area contributed by atoms with E-state index in [0.717, 1.165) is 5.56 Å². The number of carbonyl (C=O) groups excluding carboxylic acids is 1. The third-order valence-corrected chi connectivity index (χ3v) is 3.68. The summed E-state index contributed by atoms with van der Waals surface area (Å²) in [4.78, 5) is 22.5. The third-order valence-electron chi connectivity index (χ3n) is 3.45. The monoisotopic (exact) mass is 364 g/mol. The summed E-state index contributed by atoms with van der Waals surface area (Å²) in [5.41, 5.74) is 0.575. The van der Waals surface area contributed by atoms with Crippen molar-refractivity contribution >= 4 is 23.2 Å². The first-order valence-electron chi connectivity index (χ1n) is 7.40. The van der Waals surface area contributed by atoms with E-state index in [2.05, 4.69) is 5.32 Å². The van der Waals surface area contributed by atoms with E-state index in [-0.39, 0.29) is 24.1 Å². The summed E-state index contributed by atoms with van der Waals surface area (Å²) in [6.45, 7) is 1.46. The van der Waals surface area contributed by atoms with Gasteiger partial charge in [0.1, 0.15) is 5.75 Å². The molecule has 2 aromatic carbocycles. The number of carbonyl (C=O) groups is 1. The van der Waals surface area contributed by atoms with Crippen LogP contribution in [0.1, 0.15) is 18.5 Å². The van der Waals surface area contributed by atoms with Crippen LogP contribution in [0.3, 0.4) is 0 Å². The van der Waals surface area contributed by atoms with Crippen LogP contribution in [-0.2, 0) is 4.79 Å². The second kappa shape index (κ2) is 8.34. The molecule has 0 saturated heterocycles. The van der Waals surface area contributed by atoms with Crippen molar-refractivity contribution in [2.24, 2.45) is 0 Å². The predicted molar refractivity (Wildman–Crippen MR) is 93.2 cm³/mol. The van der Waals surface area contributed by atoms with Gasteiger partial charge in [-0.1, -0.05) is 23.7 Å². The molecule has 0 aliphatic rings. The molecule has 0 heterocycles. The van der Waals surface area contributed by atoms with Gasteiger partial charge in [-0.3, -0.25) is 14.9 Å². The van der Waals surface area contributed by atoms with E-state index < -0.39 is 10.8 Å². The van der Waals surface area contributed by atoms with Gasteiger partial charge in [0.2, 0.25) is 0 Å². The van der Waals surface area contributed by atoms with Crippen LogP contribution < -0.4 is 14.8 Å². The Morgan fingerprint density at radius 2 is 2.08 bits per heavy atom. The van der Waals surface area contributed by atoms with Gasteiger partial charge in [-0.15, -0.1) is 0 Å². The Labute approximate surface area is 149 Å². The molecule has 0 fully saturated rings. The lowest BCUT2D eigenvalue weighted by Gasteiger charge is -2.15. The fraction of sp³-hybridized carbons (Fsp3) is 0.235. The number of halogens is 1. The Bertz CT molecular complexity index is 781. The SMILES string of the molecule is COc1ccc(OCC(=O)N[C@H](C)c2cccc(Cl)c2)c([N+](=O)[O-])c1. The lowest BCUT2D eigenvalue weighted by Crippen LogP contribution is -2.31. The normalized spacial score (nSPS) is 11.5. The number of hydrogen-bond acceptors (Lipinski definition) is 5. The Kier molecular flexibility index (Phi) is 6.19. The van der Waals surface area contributed by atoms with Crippen molar-refractivity contribution in [3.05, 3.63) is 63.2 Å². The molecule has 132 valence electrons. The lowest BCUT2D eigenvalue weighted by molar-refractivity contribution is -0.385. The number of ether oxygens (including phenoxy) is 2. The van der Waals surface area contributed by atoms with Crippen molar-refractivity contribution in [2.75, 3.05) is 13.7 Å². The van der Waals surface area contributed by atoms with Crippen LogP contribution in [0.2, 0.25) is 5.02 Å². The first kappa shape index (κ1) is 18.5. The number of nitrogens with zero attached hydrogens (tertiary/aromatic N) is 1. The zero-order valence-corrected chi connectivity index (χ0v) is 14.4. The zero-order chi connectivity index (χ0) is 18.4. The first-order valence-corrected chi connectivity index (χ1v) is 7.78. The molecular weight excluding hydrogens is 348 g/mol. The lowest BCUT2D eigenvalue weighted by atomic mass is 10.1. The van der Waals surface area contributed by atoms with Crippen molar-refractivity contribution in [2.45, 2.75) is 13.0 Å². The van der Waals surface area contributed by atoms with Crippen molar-refractivity contribution in [3.63, 3.8) is 0 Å². The number of benzene rings is 2. The quantitative estimate of drug-likeness (QED) is 0.599. The second-order valence-electron chi connectivity index (χ2n) is 5.22. The number of amides is 1. The number of nitrogens with one attached hydrogen (secondary N) is 1. The molecule has 0 radical (unpaired) electrons. The minimum atomic E-state index is -0.593. The van der Waals surface area contributed by atoms with Crippen LogP contribution in [0.4, 0.5) is 5.69 Å². The molecule has 0 bridgehead atoms. The molecule has 0 unspecified atom stereocenters. The molecule has 7 nitrogen and oxygen atoms in total. The Balaban J connectivity index is 1.99. The molecule has 0 aliphatic carbocycles. The van der Waals surface area contributed by atoms with Gasteiger partial charge in [0.25, 0.3) is 5.91 Å². The van der Waals surface area contributed by atoms with Gasteiger partial charge < -0.3 is 14.8 Å². The van der Waals surface area contributed by atoms with Gasteiger partial charge in [0.15, 0.2) is 12.4 Å². The number of nitro groups is 1. The van der Waals surface area contributed by atoms with Crippen molar-refractivity contribution < 1.29 is 19.2 Å². The molecule has 1 amide bonds. The summed E-state index contributed by atoms with van der Waals surface area (Å²) in [5.74, 6) is -0.0768. The van der Waals surface area contributed by atoms with E-state index in [1.54, 1.807) is 25.1 Å². The number of nitro benzene ring substituents is 1. The molecule has 25 heavy (non-hydrogen) atoms. The highest BCUT2D eigenvalue weighted by atomic mass is 35.5. The van der Waals surface area contributed by atoms with Crippen molar-refractivity contribution in [1.29, 1.82) is 0 Å². The second-order valence-corrected chi connectivity index (χ2v) is 5.66. The van der Waals surface area contributed by atoms with Gasteiger partial charge in [0, 0.05) is 5.02 Å². The van der Waals surface area contributed by atoms with Crippen LogP contribution in [0.15, 0.2) is 42.5 Å². The number of hydrogen-bond donors (Lipinski definition) is 1. The Hall–Kier alpha value is -2.80. The van der Waals surface area contributed by atoms with E-state index in [4.69, 9.17) is 21.1 Å². The molecule has 0 aliphatic heterocycles. The largest absolute Gasteiger partial charge is 0.496 e. The fourth-order valence-electron chi connectivity index (χ4n) is 2.17. The molecular formula is C17H17ClN2O5. The summed E-state index contributed by atoms with van der Waals surface area (Å²) in [5, 5.41) is 14.4. The highest BCUT2D eigenvalue weighted by Crippen LogP contribution is 2.30. The molecule has 2 rings (SSSR count). The molecule has 8 heteroatoms. The first-order chi connectivity index (χ1) is 11.9. The van der Waals surface area contributed by atoms with Gasteiger partial charge in [-0.05, 0) is 36.8 Å². The number of methoxy groups -OCH3 is 1. The predicted octanol–water partition coefficient (Wildman–Crippen LogP) is 3.51. The molecule has 2 aromatic rings. The van der Waals surface area contributed by atoms with Gasteiger partial charge in [0.05, 0.1) is 24.1 Å². The van der Waals surface area contributed by atoms with E-state index in [1.165, 1.54) is 25.3 Å². The third kappa shape index (κ3) is 5.09.